The number of hydrogen-bond donors (Lipinski definition) is 2. The summed E-state index contributed by atoms with van der Waals surface area (Å²) < 4.78 is 0. The predicted molar refractivity (Wildman–Crippen MR) is 107 cm³/mol. The van der Waals surface area contributed by atoms with Crippen molar-refractivity contribution in [1.82, 2.24) is 4.98 Å². The summed E-state index contributed by atoms with van der Waals surface area (Å²) in [5.74, 6) is -0.235. The first kappa shape index (κ1) is 18.2. The number of hydrogen-bond acceptors (Lipinski definition) is 3. The van der Waals surface area contributed by atoms with E-state index in [4.69, 9.17) is 23.2 Å². The minimum absolute atomic E-state index is 0.235. The van der Waals surface area contributed by atoms with Gasteiger partial charge in [-0.3, -0.25) is 9.78 Å². The number of pyridine rings is 1. The number of nitrogens with one attached hydrogen (secondary N) is 2. The van der Waals surface area contributed by atoms with Crippen molar-refractivity contribution in [3.05, 3.63) is 88.2 Å². The zero-order valence-electron chi connectivity index (χ0n) is 13.9. The largest absolute Gasteiger partial charge is 0.383 e. The van der Waals surface area contributed by atoms with Crippen LogP contribution in [0.3, 0.4) is 0 Å². The summed E-state index contributed by atoms with van der Waals surface area (Å²) in [5.41, 5.74) is 3.09. The first-order valence-electron chi connectivity index (χ1n) is 8.10. The molecule has 0 saturated heterocycles. The molecule has 0 spiro atoms. The van der Waals surface area contributed by atoms with Crippen LogP contribution in [0.1, 0.15) is 15.9 Å². The second-order valence-corrected chi connectivity index (χ2v) is 6.60. The highest BCUT2D eigenvalue weighted by molar-refractivity contribution is 6.31. The third-order valence-electron chi connectivity index (χ3n) is 3.74. The molecule has 132 valence electrons. The molecular weight excluding hydrogens is 369 g/mol. The van der Waals surface area contributed by atoms with E-state index < -0.39 is 0 Å². The Balaban J connectivity index is 1.58. The molecule has 26 heavy (non-hydrogen) atoms. The average Bonchev–Trinajstić information content (AvgIpc) is 2.64. The smallest absolute Gasteiger partial charge is 0.257 e. The van der Waals surface area contributed by atoms with Crippen LogP contribution < -0.4 is 10.6 Å². The zero-order valence-corrected chi connectivity index (χ0v) is 15.4. The van der Waals surface area contributed by atoms with E-state index in [9.17, 15) is 4.79 Å². The molecule has 3 rings (SSSR count). The number of anilines is 2. The summed E-state index contributed by atoms with van der Waals surface area (Å²) in [7, 11) is 0. The Labute approximate surface area is 162 Å². The Bertz CT molecular complexity index is 898. The van der Waals surface area contributed by atoms with Crippen molar-refractivity contribution in [2.24, 2.45) is 0 Å². The van der Waals surface area contributed by atoms with Crippen molar-refractivity contribution in [3.63, 3.8) is 0 Å². The molecule has 1 amide bonds. The lowest BCUT2D eigenvalue weighted by Gasteiger charge is -2.09. The van der Waals surface area contributed by atoms with Gasteiger partial charge in [0.05, 0.1) is 11.3 Å². The van der Waals surface area contributed by atoms with Crippen molar-refractivity contribution in [3.8, 4) is 0 Å². The molecule has 0 unspecified atom stereocenters. The van der Waals surface area contributed by atoms with Crippen molar-refractivity contribution in [2.75, 3.05) is 17.2 Å². The number of rotatable bonds is 6. The van der Waals surface area contributed by atoms with Crippen LogP contribution in [0.25, 0.3) is 0 Å². The van der Waals surface area contributed by atoms with E-state index >= 15 is 0 Å². The molecule has 0 bridgehead atoms. The van der Waals surface area contributed by atoms with Crippen molar-refractivity contribution in [2.45, 2.75) is 6.42 Å². The normalized spacial score (nSPS) is 10.4. The maximum absolute atomic E-state index is 12.4. The fourth-order valence-corrected chi connectivity index (χ4v) is 2.75. The lowest BCUT2D eigenvalue weighted by Crippen LogP contribution is -2.13. The number of carbonyl (C=O) groups is 1. The van der Waals surface area contributed by atoms with E-state index in [-0.39, 0.29) is 5.91 Å². The number of halogens is 2. The standard InChI is InChI=1S/C20H17Cl2N3O/c21-16-6-4-14(5-7-16)8-9-24-19-10-15(12-23-13-19)20(26)25-18-3-1-2-17(22)11-18/h1-7,10-13,24H,8-9H2,(H,25,26). The van der Waals surface area contributed by atoms with Gasteiger partial charge in [-0.25, -0.2) is 0 Å². The predicted octanol–water partition coefficient (Wildman–Crippen LogP) is 5.30. The van der Waals surface area contributed by atoms with Crippen LogP contribution in [0.5, 0.6) is 0 Å². The van der Waals surface area contributed by atoms with Crippen LogP contribution in [0.15, 0.2) is 67.0 Å². The first-order valence-corrected chi connectivity index (χ1v) is 8.86. The van der Waals surface area contributed by atoms with Gasteiger partial charge >= 0.3 is 0 Å². The van der Waals surface area contributed by atoms with Crippen LogP contribution in [-0.2, 0) is 6.42 Å². The molecule has 2 N–H and O–H groups in total. The van der Waals surface area contributed by atoms with Crippen molar-refractivity contribution >= 4 is 40.5 Å². The lowest BCUT2D eigenvalue weighted by molar-refractivity contribution is 0.102. The van der Waals surface area contributed by atoms with Gasteiger partial charge in [0.25, 0.3) is 5.91 Å². The van der Waals surface area contributed by atoms with Crippen LogP contribution in [-0.4, -0.2) is 17.4 Å². The summed E-state index contributed by atoms with van der Waals surface area (Å²) in [5, 5.41) is 7.38. The lowest BCUT2D eigenvalue weighted by atomic mass is 10.1. The Morgan fingerprint density at radius 1 is 0.923 bits per heavy atom. The highest BCUT2D eigenvalue weighted by atomic mass is 35.5. The third kappa shape index (κ3) is 5.22. The molecule has 0 radical (unpaired) electrons. The van der Waals surface area contributed by atoms with E-state index in [1.54, 1.807) is 36.5 Å². The topological polar surface area (TPSA) is 54.0 Å². The molecule has 0 aliphatic rings. The van der Waals surface area contributed by atoms with Gasteiger partial charge in [-0.05, 0) is 48.4 Å². The molecule has 4 nitrogen and oxygen atoms in total. The fourth-order valence-electron chi connectivity index (χ4n) is 2.43. The van der Waals surface area contributed by atoms with E-state index in [0.29, 0.717) is 16.3 Å². The molecule has 6 heteroatoms. The van der Waals surface area contributed by atoms with Gasteiger partial charge in [-0.15, -0.1) is 0 Å². The van der Waals surface area contributed by atoms with Gasteiger partial charge in [0.1, 0.15) is 0 Å². The second kappa shape index (κ2) is 8.70. The average molecular weight is 386 g/mol. The molecule has 3 aromatic rings. The number of benzene rings is 2. The minimum atomic E-state index is -0.235. The molecule has 0 saturated carbocycles. The van der Waals surface area contributed by atoms with Gasteiger partial charge in [0.2, 0.25) is 0 Å². The monoisotopic (exact) mass is 385 g/mol. The summed E-state index contributed by atoms with van der Waals surface area (Å²) in [6.45, 7) is 0.725. The highest BCUT2D eigenvalue weighted by Gasteiger charge is 2.08. The van der Waals surface area contributed by atoms with Gasteiger partial charge in [0, 0.05) is 34.7 Å². The quantitative estimate of drug-likeness (QED) is 0.605. The molecular formula is C20H17Cl2N3O. The number of amides is 1. The van der Waals surface area contributed by atoms with Crippen LogP contribution in [0.2, 0.25) is 10.0 Å². The summed E-state index contributed by atoms with van der Waals surface area (Å²) in [4.78, 5) is 16.5. The summed E-state index contributed by atoms with van der Waals surface area (Å²) in [6.07, 6.45) is 4.07. The summed E-state index contributed by atoms with van der Waals surface area (Å²) in [6, 6.07) is 16.5. The van der Waals surface area contributed by atoms with E-state index in [2.05, 4.69) is 15.6 Å². The van der Waals surface area contributed by atoms with Gasteiger partial charge in [-0.1, -0.05) is 41.4 Å². The molecule has 0 aliphatic carbocycles. The minimum Gasteiger partial charge on any atom is -0.383 e. The van der Waals surface area contributed by atoms with Gasteiger partial charge in [-0.2, -0.15) is 0 Å². The third-order valence-corrected chi connectivity index (χ3v) is 4.23. The Kier molecular flexibility index (Phi) is 6.10. The van der Waals surface area contributed by atoms with Gasteiger partial charge in [0.15, 0.2) is 0 Å². The molecule has 1 aromatic heterocycles. The SMILES string of the molecule is O=C(Nc1cccc(Cl)c1)c1cncc(NCCc2ccc(Cl)cc2)c1. The Morgan fingerprint density at radius 3 is 2.50 bits per heavy atom. The van der Waals surface area contributed by atoms with Gasteiger partial charge < -0.3 is 10.6 Å². The number of carbonyl (C=O) groups excluding carboxylic acids is 1. The van der Waals surface area contributed by atoms with Crippen LogP contribution >= 0.6 is 23.2 Å². The van der Waals surface area contributed by atoms with Crippen molar-refractivity contribution < 1.29 is 4.79 Å². The molecule has 2 aromatic carbocycles. The molecule has 1 heterocycles. The van der Waals surface area contributed by atoms with Crippen LogP contribution in [0.4, 0.5) is 11.4 Å². The number of aromatic nitrogens is 1. The molecule has 0 fully saturated rings. The number of nitrogens with zero attached hydrogens (tertiary/aromatic N) is 1. The van der Waals surface area contributed by atoms with Crippen LogP contribution in [0, 0.1) is 0 Å². The maximum atomic E-state index is 12.4. The first-order chi connectivity index (χ1) is 12.6. The fraction of sp³-hybridized carbons (Fsp3) is 0.100. The highest BCUT2D eigenvalue weighted by Crippen LogP contribution is 2.17. The maximum Gasteiger partial charge on any atom is 0.257 e. The second-order valence-electron chi connectivity index (χ2n) is 5.73. The van der Waals surface area contributed by atoms with E-state index in [0.717, 1.165) is 23.7 Å². The van der Waals surface area contributed by atoms with E-state index in [1.807, 2.05) is 24.3 Å². The van der Waals surface area contributed by atoms with E-state index in [1.165, 1.54) is 11.8 Å². The zero-order chi connectivity index (χ0) is 18.4. The Morgan fingerprint density at radius 2 is 1.73 bits per heavy atom. The summed E-state index contributed by atoms with van der Waals surface area (Å²) >= 11 is 11.8. The molecule has 0 atom stereocenters. The van der Waals surface area contributed by atoms with Crippen molar-refractivity contribution in [1.29, 1.82) is 0 Å². The Hall–Kier alpha value is -2.56. The molecule has 0 aliphatic heterocycles.